The molecule has 3 unspecified atom stereocenters. The third-order valence-corrected chi connectivity index (χ3v) is 0.576. The van der Waals surface area contributed by atoms with Gasteiger partial charge in [-0.1, -0.05) is 0 Å². The quantitative estimate of drug-likeness (QED) is 0.448. The van der Waals surface area contributed by atoms with Crippen LogP contribution in [0.25, 0.3) is 0 Å². The number of hydrogen-bond donors (Lipinski definition) is 2. The zero-order chi connectivity index (χ0) is 11.4. The highest BCUT2D eigenvalue weighted by molar-refractivity contribution is 4.65. The first-order valence-corrected chi connectivity index (χ1v) is 1.88. The predicted octanol–water partition coefficient (Wildman–Crippen LogP) is -0.269. The van der Waals surface area contributed by atoms with Gasteiger partial charge in [0, 0.05) is 14.7 Å². The van der Waals surface area contributed by atoms with E-state index in [0.717, 1.165) is 0 Å². The molecule has 0 bridgehead atoms. The zero-order valence-electron chi connectivity index (χ0n) is 10.6. The first-order chi connectivity index (χ1) is 6.03. The van der Waals surface area contributed by atoms with Crippen molar-refractivity contribution < 1.29 is 14.7 Å². The van der Waals surface area contributed by atoms with Gasteiger partial charge in [-0.15, -0.1) is 0 Å². The van der Waals surface area contributed by atoms with E-state index in [0.29, 0.717) is 0 Å². The first-order valence-electron chi connectivity index (χ1n) is 5.53. The van der Waals surface area contributed by atoms with Crippen LogP contribution in [-0.2, 0) is 0 Å². The van der Waals surface area contributed by atoms with Crippen molar-refractivity contribution in [2.45, 2.75) is 18.8 Å². The van der Waals surface area contributed by atoms with Crippen LogP contribution in [0.2, 0.25) is 0 Å². The Bertz CT molecular complexity index is 240. The molecule has 42 valence electrons. The number of piperidine rings is 1. The summed E-state index contributed by atoms with van der Waals surface area (Å²) in [5.74, 6) is 0. The van der Waals surface area contributed by atoms with Gasteiger partial charge in [-0.05, 0) is 19.3 Å². The average Bonchev–Trinajstić information content (AvgIpc) is 1.99. The third-order valence-electron chi connectivity index (χ3n) is 0.576. The Balaban J connectivity index is 3.10. The van der Waals surface area contributed by atoms with Gasteiger partial charge in [0.2, 0.25) is 0 Å². The van der Waals surface area contributed by atoms with Gasteiger partial charge in [-0.2, -0.15) is 0 Å². The van der Waals surface area contributed by atoms with Crippen LogP contribution in [0.1, 0.15) is 22.4 Å². The fourth-order valence-corrected chi connectivity index (χ4v) is 0.308. The fourth-order valence-electron chi connectivity index (χ4n) is 0.308. The van der Waals surface area contributed by atoms with E-state index in [2.05, 4.69) is 0 Å². The molecule has 0 amide bonds. The van der Waals surface area contributed by atoms with Gasteiger partial charge in [0.15, 0.2) is 0 Å². The lowest BCUT2D eigenvalue weighted by molar-refractivity contribution is 0.142. The van der Waals surface area contributed by atoms with E-state index >= 15 is 0 Å². The lowest BCUT2D eigenvalue weighted by Crippen LogP contribution is -2.33. The van der Waals surface area contributed by atoms with E-state index in [1.807, 2.05) is 5.32 Å². The minimum Gasteiger partial charge on any atom is -0.392 e. The monoisotopic (exact) mass is 108 g/mol. The summed E-state index contributed by atoms with van der Waals surface area (Å²) >= 11 is 0. The van der Waals surface area contributed by atoms with Gasteiger partial charge in [-0.3, -0.25) is 0 Å². The predicted molar refractivity (Wildman–Crippen MR) is 28.1 cm³/mol. The molecule has 1 rings (SSSR count). The number of hydrogen-bond acceptors (Lipinski definition) is 2. The molecule has 0 aliphatic carbocycles. The Kier molecular flexibility index (Phi) is 0.408. The molecular weight excluding hydrogens is 90.1 g/mol. The zero-order valence-corrected chi connectivity index (χ0v) is 3.60. The Hall–Kier alpha value is -0.0800. The molecule has 0 aromatic heterocycles. The minimum atomic E-state index is -2.91. The maximum absolute atomic E-state index is 9.34. The van der Waals surface area contributed by atoms with Crippen LogP contribution in [0.15, 0.2) is 0 Å². The van der Waals surface area contributed by atoms with Gasteiger partial charge in [-0.25, -0.2) is 0 Å². The summed E-state index contributed by atoms with van der Waals surface area (Å²) in [5.41, 5.74) is 0. The van der Waals surface area contributed by atoms with Gasteiger partial charge in [0.05, 0.1) is 7.45 Å². The molecule has 2 heteroatoms. The summed E-state index contributed by atoms with van der Waals surface area (Å²) in [6, 6.07) is 0. The van der Waals surface area contributed by atoms with Crippen molar-refractivity contribution in [2.75, 3.05) is 13.0 Å². The first kappa shape index (κ1) is 1.25. The van der Waals surface area contributed by atoms with Gasteiger partial charge in [0.1, 0.15) is 0 Å². The van der Waals surface area contributed by atoms with Crippen LogP contribution in [0.3, 0.4) is 0 Å². The van der Waals surface area contributed by atoms with E-state index in [-0.39, 0.29) is 0 Å². The van der Waals surface area contributed by atoms with Crippen molar-refractivity contribution in [1.29, 1.82) is 0 Å². The molecule has 1 heterocycles. The number of aliphatic hydroxyl groups is 1. The van der Waals surface area contributed by atoms with Crippen molar-refractivity contribution >= 4 is 0 Å². The molecule has 1 aliphatic rings. The van der Waals surface area contributed by atoms with E-state index in [1.165, 1.54) is 0 Å². The number of rotatable bonds is 0. The highest BCUT2D eigenvalue weighted by Gasteiger charge is 2.06. The number of nitrogens with one attached hydrogen (secondary N) is 1. The van der Waals surface area contributed by atoms with E-state index < -0.39 is 31.9 Å². The second-order valence-electron chi connectivity index (χ2n) is 1.11. The molecule has 0 aromatic rings. The maximum Gasteiger partial charge on any atom is 0.0665 e. The van der Waals surface area contributed by atoms with Crippen molar-refractivity contribution in [1.82, 2.24) is 5.32 Å². The van der Waals surface area contributed by atoms with Crippen LogP contribution in [0.5, 0.6) is 0 Å². The summed E-state index contributed by atoms with van der Waals surface area (Å²) in [6.45, 7) is -4.34. The van der Waals surface area contributed by atoms with Gasteiger partial charge >= 0.3 is 0 Å². The van der Waals surface area contributed by atoms with Crippen LogP contribution in [0.4, 0.5) is 0 Å². The number of β-amino-alcohol motifs (C(OH)–C–C–N with tert-alkyl or cyclic N) is 1. The topological polar surface area (TPSA) is 32.3 Å². The van der Waals surface area contributed by atoms with Gasteiger partial charge in [0.25, 0.3) is 0 Å². The molecule has 0 saturated carbocycles. The third kappa shape index (κ3) is 1.45. The van der Waals surface area contributed by atoms with Crippen LogP contribution >= 0.6 is 0 Å². The molecule has 1 fully saturated rings. The molecule has 3 atom stereocenters. The summed E-state index contributed by atoms with van der Waals surface area (Å²) in [6.07, 6.45) is -7.41. The van der Waals surface area contributed by atoms with Crippen molar-refractivity contribution in [3.05, 3.63) is 0 Å². The van der Waals surface area contributed by atoms with Crippen molar-refractivity contribution in [3.63, 3.8) is 0 Å². The van der Waals surface area contributed by atoms with E-state index in [1.54, 1.807) is 0 Å². The molecule has 0 spiro atoms. The van der Waals surface area contributed by atoms with Crippen LogP contribution in [-0.4, -0.2) is 24.2 Å². The summed E-state index contributed by atoms with van der Waals surface area (Å²) in [7, 11) is 0. The Morgan fingerprint density at radius 3 is 3.71 bits per heavy atom. The summed E-state index contributed by atoms with van der Waals surface area (Å²) in [5, 5.41) is 11.2. The minimum absolute atomic E-state index is 1.68. The van der Waals surface area contributed by atoms with Crippen molar-refractivity contribution in [2.24, 2.45) is 0 Å². The average molecular weight is 108 g/mol. The molecule has 0 aromatic carbocycles. The van der Waals surface area contributed by atoms with Crippen molar-refractivity contribution in [3.8, 4) is 0 Å². The molecule has 0 radical (unpaired) electrons. The molecule has 1 aliphatic heterocycles. The van der Waals surface area contributed by atoms with Crippen LogP contribution in [0, 0.1) is 0 Å². The largest absolute Gasteiger partial charge is 0.392 e. The maximum atomic E-state index is 9.34. The SMILES string of the molecule is [2H]C1NC([2H])([2H])C([2H])(O)C([2H])C1([2H])[2H]. The fraction of sp³-hybridized carbons (Fsp3) is 1.00. The normalized spacial score (nSPS) is 93.6. The second kappa shape index (κ2) is 2.28. The smallest absolute Gasteiger partial charge is 0.0665 e. The highest BCUT2D eigenvalue weighted by Crippen LogP contribution is 1.98. The Labute approximate surface area is 53.4 Å². The summed E-state index contributed by atoms with van der Waals surface area (Å²) in [4.78, 5) is 0. The van der Waals surface area contributed by atoms with E-state index in [9.17, 15) is 5.11 Å². The molecule has 2 nitrogen and oxygen atoms in total. The second-order valence-corrected chi connectivity index (χ2v) is 1.11. The Morgan fingerprint density at radius 1 is 2.00 bits per heavy atom. The van der Waals surface area contributed by atoms with E-state index in [4.69, 9.17) is 9.60 Å². The highest BCUT2D eigenvalue weighted by atomic mass is 16.3. The Morgan fingerprint density at radius 2 is 2.86 bits per heavy atom. The van der Waals surface area contributed by atoms with Gasteiger partial charge < -0.3 is 10.4 Å². The van der Waals surface area contributed by atoms with Crippen LogP contribution < -0.4 is 5.32 Å². The molecule has 1 saturated heterocycles. The lowest BCUT2D eigenvalue weighted by Gasteiger charge is -2.16. The molecule has 2 N–H and O–H groups in total. The standard InChI is InChI=1S/C5H11NO/c7-5-2-1-3-6-4-5/h5-7H,1-4H2/i1D2,2D,3D,4D2,5D. The molecular formula is C5H11NO. The summed E-state index contributed by atoms with van der Waals surface area (Å²) < 4.78 is 50.5. The lowest BCUT2D eigenvalue weighted by atomic mass is 10.1. The molecule has 7 heavy (non-hydrogen) atoms.